The first-order valence-electron chi connectivity index (χ1n) is 9.91. The zero-order chi connectivity index (χ0) is 24.5. The van der Waals surface area contributed by atoms with Gasteiger partial charge in [-0.3, -0.25) is 4.79 Å². The lowest BCUT2D eigenvalue weighted by atomic mass is 10.1. The number of rotatable bonds is 8. The summed E-state index contributed by atoms with van der Waals surface area (Å²) in [7, 11) is -7.00. The Labute approximate surface area is 196 Å². The van der Waals surface area contributed by atoms with Gasteiger partial charge in [0.05, 0.1) is 11.3 Å². The van der Waals surface area contributed by atoms with Gasteiger partial charge in [0, 0.05) is 29.0 Å². The summed E-state index contributed by atoms with van der Waals surface area (Å²) in [6.07, 6.45) is 4.54. The molecule has 4 rings (SSSR count). The Morgan fingerprint density at radius 2 is 1.74 bits per heavy atom. The van der Waals surface area contributed by atoms with Crippen molar-refractivity contribution in [3.8, 4) is 16.9 Å². The van der Waals surface area contributed by atoms with Crippen molar-refractivity contribution in [3.05, 3.63) is 72.4 Å². The number of carboxylic acid groups (broad SMARTS) is 1. The van der Waals surface area contributed by atoms with Crippen LogP contribution >= 0.6 is 0 Å². The predicted molar refractivity (Wildman–Crippen MR) is 124 cm³/mol. The molecular weight excluding hydrogens is 482 g/mol. The van der Waals surface area contributed by atoms with Crippen LogP contribution in [0.4, 0.5) is 0 Å². The summed E-state index contributed by atoms with van der Waals surface area (Å²) in [5.41, 5.74) is 2.42. The molecule has 0 saturated heterocycles. The minimum Gasteiger partial charge on any atom is -0.480 e. The second kappa shape index (κ2) is 9.23. The lowest BCUT2D eigenvalue weighted by Gasteiger charge is -2.09. The highest BCUT2D eigenvalue weighted by Crippen LogP contribution is 2.34. The van der Waals surface area contributed by atoms with Crippen molar-refractivity contribution in [1.29, 1.82) is 0 Å². The maximum atomic E-state index is 13.3. The van der Waals surface area contributed by atoms with Crippen molar-refractivity contribution in [2.75, 3.05) is 0 Å². The molecule has 2 heterocycles. The van der Waals surface area contributed by atoms with E-state index < -0.39 is 33.3 Å². The zero-order valence-corrected chi connectivity index (χ0v) is 19.5. The monoisotopic (exact) mass is 501 g/mol. The molecule has 176 valence electrons. The van der Waals surface area contributed by atoms with Crippen LogP contribution in [0.15, 0.2) is 66.1 Å². The molecule has 2 aromatic carbocycles. The van der Waals surface area contributed by atoms with Gasteiger partial charge in [0.25, 0.3) is 0 Å². The zero-order valence-electron chi connectivity index (χ0n) is 17.8. The van der Waals surface area contributed by atoms with E-state index in [9.17, 15) is 26.7 Å². The molecule has 10 nitrogen and oxygen atoms in total. The van der Waals surface area contributed by atoms with Crippen LogP contribution in [0.25, 0.3) is 22.0 Å². The third-order valence-electron chi connectivity index (χ3n) is 5.14. The fourth-order valence-electron chi connectivity index (χ4n) is 3.70. The summed E-state index contributed by atoms with van der Waals surface area (Å²) in [6, 6.07) is 10.7. The predicted octanol–water partition coefficient (Wildman–Crippen LogP) is 2.37. The van der Waals surface area contributed by atoms with Gasteiger partial charge < -0.3 is 13.9 Å². The second-order valence-corrected chi connectivity index (χ2v) is 9.89. The van der Waals surface area contributed by atoms with Gasteiger partial charge in [-0.15, -0.1) is 0 Å². The highest BCUT2D eigenvalue weighted by Gasteiger charge is 2.28. The quantitative estimate of drug-likeness (QED) is 0.274. The molecule has 0 aliphatic rings. The Hall–Kier alpha value is -3.77. The van der Waals surface area contributed by atoms with Crippen LogP contribution < -0.4 is 4.18 Å². The molecule has 0 radical (unpaired) electrons. The molecule has 0 unspecified atom stereocenters. The summed E-state index contributed by atoms with van der Waals surface area (Å²) in [4.78, 5) is 19.3. The van der Waals surface area contributed by atoms with E-state index in [1.807, 2.05) is 0 Å². The van der Waals surface area contributed by atoms with Crippen molar-refractivity contribution < 1.29 is 30.9 Å². The van der Waals surface area contributed by atoms with Crippen molar-refractivity contribution >= 4 is 37.7 Å². The van der Waals surface area contributed by atoms with Gasteiger partial charge in [0.2, 0.25) is 0 Å². The Kier molecular flexibility index (Phi) is 6.35. The van der Waals surface area contributed by atoms with Crippen LogP contribution in [0.3, 0.4) is 0 Å². The van der Waals surface area contributed by atoms with Crippen LogP contribution in [-0.2, 0) is 37.9 Å². The van der Waals surface area contributed by atoms with Crippen molar-refractivity contribution in [2.45, 2.75) is 24.1 Å². The van der Waals surface area contributed by atoms with Gasteiger partial charge in [-0.25, -0.2) is 18.4 Å². The third kappa shape index (κ3) is 4.77. The molecule has 0 atom stereocenters. The molecule has 0 amide bonds. The number of carbonyl (C=O) groups is 1. The summed E-state index contributed by atoms with van der Waals surface area (Å²) >= 11 is 0. The first kappa shape index (κ1) is 23.4. The molecule has 12 heteroatoms. The first-order chi connectivity index (χ1) is 16.2. The number of hydrogen-bond acceptors (Lipinski definition) is 8. The number of fused-ring (bicyclic) bond motifs is 1. The molecule has 0 aliphatic heterocycles. The fraction of sp³-hybridized carbons (Fsp3) is 0.136. The number of carboxylic acids is 1. The van der Waals surface area contributed by atoms with E-state index in [0.717, 1.165) is 0 Å². The van der Waals surface area contributed by atoms with Crippen molar-refractivity contribution in [2.24, 2.45) is 0 Å². The molecule has 1 N–H and O–H groups in total. The maximum Gasteiger partial charge on any atom is 0.341 e. The summed E-state index contributed by atoms with van der Waals surface area (Å²) in [5, 5.41) is 9.65. The van der Waals surface area contributed by atoms with E-state index in [4.69, 9.17) is 4.18 Å². The molecular formula is C22H19N3O7S2. The highest BCUT2D eigenvalue weighted by molar-refractivity contribution is 7.87. The molecule has 0 fully saturated rings. The SMILES string of the molecule is Cc1c(S(=O)(=O)Oc2ccc(C[SH](=O)=O)cc2)c2cc(-c3cncnc3)ccc2n1CC(=O)O. The average Bonchev–Trinajstić information content (AvgIpc) is 3.06. The Morgan fingerprint density at radius 3 is 2.35 bits per heavy atom. The van der Waals surface area contributed by atoms with Crippen LogP contribution in [0.2, 0.25) is 0 Å². The van der Waals surface area contributed by atoms with Crippen LogP contribution in [0.1, 0.15) is 11.3 Å². The fourth-order valence-corrected chi connectivity index (χ4v) is 5.56. The van der Waals surface area contributed by atoms with E-state index in [1.54, 1.807) is 30.6 Å². The minimum absolute atomic E-state index is 0.00368. The van der Waals surface area contributed by atoms with E-state index >= 15 is 0 Å². The highest BCUT2D eigenvalue weighted by atomic mass is 32.2. The molecule has 0 aliphatic carbocycles. The number of nitrogens with zero attached hydrogens (tertiary/aromatic N) is 3. The van der Waals surface area contributed by atoms with Gasteiger partial charge in [0.15, 0.2) is 0 Å². The van der Waals surface area contributed by atoms with E-state index in [1.165, 1.54) is 42.1 Å². The van der Waals surface area contributed by atoms with Crippen LogP contribution in [0, 0.1) is 6.92 Å². The van der Waals surface area contributed by atoms with Crippen LogP contribution in [0.5, 0.6) is 5.75 Å². The number of aromatic nitrogens is 3. The van der Waals surface area contributed by atoms with Gasteiger partial charge >= 0.3 is 16.1 Å². The van der Waals surface area contributed by atoms with E-state index in [2.05, 4.69) is 9.97 Å². The number of hydrogen-bond donors (Lipinski definition) is 2. The molecule has 0 spiro atoms. The van der Waals surface area contributed by atoms with Crippen molar-refractivity contribution in [3.63, 3.8) is 0 Å². The van der Waals surface area contributed by atoms with E-state index in [0.29, 0.717) is 27.6 Å². The maximum absolute atomic E-state index is 13.3. The number of benzene rings is 2. The number of aliphatic carboxylic acids is 1. The number of thiol groups is 1. The van der Waals surface area contributed by atoms with Gasteiger partial charge in [-0.05, 0) is 42.3 Å². The lowest BCUT2D eigenvalue weighted by Crippen LogP contribution is -2.13. The summed E-state index contributed by atoms with van der Waals surface area (Å²) in [5.74, 6) is -1.30. The largest absolute Gasteiger partial charge is 0.480 e. The van der Waals surface area contributed by atoms with Gasteiger partial charge in [0.1, 0.15) is 34.2 Å². The molecule has 0 saturated carbocycles. The topological polar surface area (TPSA) is 146 Å². The Morgan fingerprint density at radius 1 is 1.06 bits per heavy atom. The van der Waals surface area contributed by atoms with Gasteiger partial charge in [-0.1, -0.05) is 18.2 Å². The van der Waals surface area contributed by atoms with Crippen molar-refractivity contribution in [1.82, 2.24) is 14.5 Å². The minimum atomic E-state index is -4.38. The summed E-state index contributed by atoms with van der Waals surface area (Å²) < 4.78 is 55.2. The third-order valence-corrected chi connectivity index (χ3v) is 7.19. The molecule has 34 heavy (non-hydrogen) atoms. The Bertz CT molecular complexity index is 1550. The van der Waals surface area contributed by atoms with E-state index in [-0.39, 0.29) is 22.1 Å². The molecule has 0 bridgehead atoms. The Balaban J connectivity index is 1.83. The van der Waals surface area contributed by atoms with Gasteiger partial charge in [-0.2, -0.15) is 8.42 Å². The first-order valence-corrected chi connectivity index (χ1v) is 12.7. The summed E-state index contributed by atoms with van der Waals surface area (Å²) in [6.45, 7) is 1.08. The van der Waals surface area contributed by atoms with Crippen LogP contribution in [-0.4, -0.2) is 42.4 Å². The lowest BCUT2D eigenvalue weighted by molar-refractivity contribution is -0.137. The normalized spacial score (nSPS) is 11.7. The average molecular weight is 502 g/mol. The standard InChI is InChI=1S/C22H19N3O7S2/c1-14-22(34(30,31)32-18-5-2-15(3-6-18)12-33(28)29)19-8-16(17-9-23-13-24-10-17)4-7-20(19)25(14)11-21(26)27/h2-10,13,33H,11-12H2,1H3,(H,26,27). The molecule has 4 aromatic rings. The molecule has 2 aromatic heterocycles. The second-order valence-electron chi connectivity index (χ2n) is 7.43. The smallest absolute Gasteiger partial charge is 0.341 e.